The Kier molecular flexibility index (Phi) is 12.3. The zero-order valence-electron chi connectivity index (χ0n) is 27.3. The van der Waals surface area contributed by atoms with Gasteiger partial charge in [0.05, 0.1) is 18.6 Å². The van der Waals surface area contributed by atoms with Crippen LogP contribution in [-0.2, 0) is 37.4 Å². The number of nitrogens with zero attached hydrogens (tertiary/aromatic N) is 3. The second-order valence-corrected chi connectivity index (χ2v) is 13.2. The zero-order chi connectivity index (χ0) is 37.3. The molecule has 0 radical (unpaired) electrons. The van der Waals surface area contributed by atoms with Crippen LogP contribution in [0, 0.1) is 5.41 Å². The number of hydrogen-bond acceptors (Lipinski definition) is 8. The summed E-state index contributed by atoms with van der Waals surface area (Å²) >= 11 is 0. The van der Waals surface area contributed by atoms with E-state index in [1.807, 2.05) is 36.4 Å². The van der Waals surface area contributed by atoms with E-state index in [1.54, 1.807) is 35.2 Å². The number of ether oxygens (including phenoxy) is 1. The van der Waals surface area contributed by atoms with Crippen molar-refractivity contribution in [1.29, 1.82) is 5.41 Å². The molecule has 0 saturated carbocycles. The number of nitrogens with one attached hydrogen (secondary N) is 2. The third-order valence-electron chi connectivity index (χ3n) is 7.84. The number of pyridine rings is 1. The molecule has 51 heavy (non-hydrogen) atoms. The highest BCUT2D eigenvalue weighted by atomic mass is 32.2. The van der Waals surface area contributed by atoms with Gasteiger partial charge in [0, 0.05) is 25.8 Å². The standard InChI is InChI=1S/C32H34N6O5S.C2HF3O2/c1-43-26-9-7-24-8-10-27(19-25(24)18-26)44(41,42)38(21-30(39)36-15-11-22-5-3-2-4-6-22)29-13-16-37(32(29)40)20-23-12-14-35-28(17-23)31(33)34;3-2(4,5)1(6)7/h2-10,12,14,17-19,29H,11,13,15-16,20-21H2,1H3,(H3,33,34)(H,36,39);(H,6,7)/t29-;/m0./s1. The number of aliphatic carboxylic acids is 1. The van der Waals surface area contributed by atoms with Gasteiger partial charge in [0.25, 0.3) is 0 Å². The fraction of sp³-hybridized carbons (Fsp3) is 0.265. The van der Waals surface area contributed by atoms with Crippen LogP contribution in [0.15, 0.2) is 90.0 Å². The molecule has 2 amide bonds. The summed E-state index contributed by atoms with van der Waals surface area (Å²) in [5, 5.41) is 19.1. The Morgan fingerprint density at radius 3 is 2.39 bits per heavy atom. The van der Waals surface area contributed by atoms with Crippen LogP contribution >= 0.6 is 0 Å². The van der Waals surface area contributed by atoms with Gasteiger partial charge in [0.1, 0.15) is 23.3 Å². The second kappa shape index (κ2) is 16.4. The Hall–Kier alpha value is -5.55. The van der Waals surface area contributed by atoms with Gasteiger partial charge in [-0.15, -0.1) is 0 Å². The first-order valence-electron chi connectivity index (χ1n) is 15.4. The molecule has 3 aromatic carbocycles. The number of sulfonamides is 1. The molecular weight excluding hydrogens is 693 g/mol. The molecule has 0 spiro atoms. The number of halogens is 3. The minimum absolute atomic E-state index is 0.0261. The molecule has 1 aromatic heterocycles. The van der Waals surface area contributed by atoms with Crippen LogP contribution in [-0.4, -0.2) is 90.3 Å². The number of nitrogens with two attached hydrogens (primary N) is 1. The van der Waals surface area contributed by atoms with Gasteiger partial charge in [-0.3, -0.25) is 20.0 Å². The third kappa shape index (κ3) is 10.0. The topological polar surface area (TPSA) is 196 Å². The zero-order valence-corrected chi connectivity index (χ0v) is 28.1. The minimum Gasteiger partial charge on any atom is -0.497 e. The number of rotatable bonds is 12. The van der Waals surface area contributed by atoms with Crippen LogP contribution < -0.4 is 15.8 Å². The lowest BCUT2D eigenvalue weighted by atomic mass is 10.1. The van der Waals surface area contributed by atoms with Crippen molar-refractivity contribution in [1.82, 2.24) is 19.5 Å². The molecule has 270 valence electrons. The van der Waals surface area contributed by atoms with Gasteiger partial charge in [-0.1, -0.05) is 42.5 Å². The summed E-state index contributed by atoms with van der Waals surface area (Å²) in [5.41, 5.74) is 7.60. The first kappa shape index (κ1) is 38.3. The average molecular weight is 729 g/mol. The molecule has 0 unspecified atom stereocenters. The number of amides is 2. The molecular formula is C34H35F3N6O7S. The number of benzene rings is 3. The van der Waals surface area contributed by atoms with E-state index in [0.717, 1.165) is 15.3 Å². The smallest absolute Gasteiger partial charge is 0.490 e. The van der Waals surface area contributed by atoms with Crippen molar-refractivity contribution in [3.8, 4) is 5.75 Å². The van der Waals surface area contributed by atoms with E-state index in [2.05, 4.69) is 10.3 Å². The summed E-state index contributed by atoms with van der Waals surface area (Å²) in [7, 11) is -2.75. The van der Waals surface area contributed by atoms with Crippen molar-refractivity contribution in [3.05, 3.63) is 102 Å². The summed E-state index contributed by atoms with van der Waals surface area (Å²) in [5.74, 6) is -3.28. The second-order valence-electron chi connectivity index (χ2n) is 11.3. The van der Waals surface area contributed by atoms with Crippen LogP contribution in [0.1, 0.15) is 23.2 Å². The Morgan fingerprint density at radius 2 is 1.75 bits per heavy atom. The van der Waals surface area contributed by atoms with Crippen molar-refractivity contribution in [2.45, 2.75) is 36.5 Å². The molecule has 17 heteroatoms. The van der Waals surface area contributed by atoms with E-state index in [1.165, 1.54) is 25.4 Å². The molecule has 1 aliphatic heterocycles. The predicted octanol–water partition coefficient (Wildman–Crippen LogP) is 3.31. The summed E-state index contributed by atoms with van der Waals surface area (Å²) in [4.78, 5) is 41.3. The number of methoxy groups -OCH3 is 1. The number of nitrogen functional groups attached to an aromatic ring is 1. The Morgan fingerprint density at radius 1 is 1.06 bits per heavy atom. The molecule has 5 N–H and O–H groups in total. The van der Waals surface area contributed by atoms with E-state index in [0.29, 0.717) is 29.7 Å². The van der Waals surface area contributed by atoms with Crippen LogP contribution in [0.3, 0.4) is 0 Å². The maximum atomic E-state index is 14.2. The third-order valence-corrected chi connectivity index (χ3v) is 9.69. The molecule has 2 heterocycles. The van der Waals surface area contributed by atoms with Gasteiger partial charge in [-0.25, -0.2) is 13.2 Å². The molecule has 1 atom stereocenters. The van der Waals surface area contributed by atoms with Gasteiger partial charge in [0.2, 0.25) is 21.8 Å². The normalized spacial score (nSPS) is 14.6. The van der Waals surface area contributed by atoms with Crippen molar-refractivity contribution in [3.63, 3.8) is 0 Å². The van der Waals surface area contributed by atoms with Gasteiger partial charge >= 0.3 is 12.1 Å². The average Bonchev–Trinajstić information content (AvgIpc) is 3.45. The lowest BCUT2D eigenvalue weighted by molar-refractivity contribution is -0.192. The number of hydrogen-bond donors (Lipinski definition) is 4. The summed E-state index contributed by atoms with van der Waals surface area (Å²) in [6.45, 7) is 0.280. The number of aromatic nitrogens is 1. The lowest BCUT2D eigenvalue weighted by Gasteiger charge is -2.27. The van der Waals surface area contributed by atoms with E-state index < -0.39 is 46.6 Å². The van der Waals surface area contributed by atoms with Gasteiger partial charge in [0.15, 0.2) is 0 Å². The van der Waals surface area contributed by atoms with Crippen LogP contribution in [0.4, 0.5) is 13.2 Å². The van der Waals surface area contributed by atoms with Crippen molar-refractivity contribution in [2.24, 2.45) is 5.73 Å². The fourth-order valence-corrected chi connectivity index (χ4v) is 6.87. The molecule has 0 bridgehead atoms. The number of amidine groups is 1. The highest BCUT2D eigenvalue weighted by molar-refractivity contribution is 7.89. The van der Waals surface area contributed by atoms with E-state index in [9.17, 15) is 31.2 Å². The van der Waals surface area contributed by atoms with Crippen LogP contribution in [0.25, 0.3) is 10.8 Å². The minimum atomic E-state index is -5.08. The quantitative estimate of drug-likeness (QED) is 0.125. The van der Waals surface area contributed by atoms with Gasteiger partial charge < -0.3 is 25.8 Å². The van der Waals surface area contributed by atoms with E-state index in [4.69, 9.17) is 25.8 Å². The van der Waals surface area contributed by atoms with E-state index >= 15 is 0 Å². The lowest BCUT2D eigenvalue weighted by Crippen LogP contribution is -2.49. The van der Waals surface area contributed by atoms with Gasteiger partial charge in [-0.2, -0.15) is 17.5 Å². The highest BCUT2D eigenvalue weighted by Crippen LogP contribution is 2.29. The maximum absolute atomic E-state index is 14.2. The SMILES string of the molecule is COc1ccc2ccc(S(=O)(=O)N(CC(=O)NCCc3ccccc3)[C@H]3CCN(Cc4ccnc(C(=N)N)c4)C3=O)cc2c1.O=C(O)C(F)(F)F. The van der Waals surface area contributed by atoms with Crippen molar-refractivity contribution >= 4 is 44.4 Å². The highest BCUT2D eigenvalue weighted by Gasteiger charge is 2.43. The van der Waals surface area contributed by atoms with Crippen molar-refractivity contribution < 1.29 is 45.8 Å². The monoisotopic (exact) mass is 728 g/mol. The Balaban J connectivity index is 0.000000755. The fourth-order valence-electron chi connectivity index (χ4n) is 5.26. The maximum Gasteiger partial charge on any atom is 0.490 e. The number of fused-ring (bicyclic) bond motifs is 1. The first-order chi connectivity index (χ1) is 24.1. The molecule has 1 aliphatic rings. The van der Waals surface area contributed by atoms with Crippen molar-refractivity contribution in [2.75, 3.05) is 26.7 Å². The molecule has 0 aliphatic carbocycles. The molecule has 5 rings (SSSR count). The molecule has 4 aromatic rings. The van der Waals surface area contributed by atoms with Crippen LogP contribution in [0.2, 0.25) is 0 Å². The number of likely N-dealkylation sites (tertiary alicyclic amines) is 1. The molecule has 13 nitrogen and oxygen atoms in total. The largest absolute Gasteiger partial charge is 0.497 e. The number of carbonyl (C=O) groups is 3. The number of carbonyl (C=O) groups excluding carboxylic acids is 2. The number of carboxylic acids is 1. The predicted molar refractivity (Wildman–Crippen MR) is 180 cm³/mol. The summed E-state index contributed by atoms with van der Waals surface area (Å²) in [6, 6.07) is 22.0. The van der Waals surface area contributed by atoms with Gasteiger partial charge in [-0.05, 0) is 71.1 Å². The number of carboxylic acid groups (broad SMARTS) is 1. The number of alkyl halides is 3. The molecule has 1 saturated heterocycles. The first-order valence-corrected chi connectivity index (χ1v) is 16.8. The summed E-state index contributed by atoms with van der Waals surface area (Å²) < 4.78 is 66.4. The Bertz CT molecular complexity index is 2010. The van der Waals surface area contributed by atoms with Crippen LogP contribution in [0.5, 0.6) is 5.75 Å². The molecule has 1 fully saturated rings. The summed E-state index contributed by atoms with van der Waals surface area (Å²) in [6.07, 6.45) is -2.78. The Labute approximate surface area is 291 Å². The van der Waals surface area contributed by atoms with E-state index in [-0.39, 0.29) is 35.9 Å².